The molecule has 16 heteroatoms. The van der Waals surface area contributed by atoms with Crippen molar-refractivity contribution < 1.29 is 23.8 Å². The number of carbonyl (C=O) groups excluding carboxylic acids is 2. The number of H-pyrrole nitrogens is 1. The number of anilines is 1. The van der Waals surface area contributed by atoms with E-state index in [0.717, 1.165) is 136 Å². The Morgan fingerprint density at radius 3 is 2.19 bits per heavy atom. The van der Waals surface area contributed by atoms with Gasteiger partial charge in [-0.2, -0.15) is 9.97 Å². The zero-order valence-electron chi connectivity index (χ0n) is 39.6. The molecule has 0 unspecified atom stereocenters. The number of aryl methyl sites for hydroxylation is 1. The molecule has 3 aromatic rings. The highest BCUT2D eigenvalue weighted by Crippen LogP contribution is 2.22. The van der Waals surface area contributed by atoms with Crippen LogP contribution in [-0.2, 0) is 27.4 Å². The number of unbranched alkanes of at least 4 members (excludes halogenated alkanes) is 3. The molecule has 2 aromatic heterocycles. The SMILES string of the molecule is CCCCOc1nc(NC(=O)CCCCCN(CC)CCCN(C)CCCN(CC)CC)c2[nH]c(=O)n(CCCN(CCCN3CCOCC3)Cc3cccc(C(=O)OC)c3)c2n1. The summed E-state index contributed by atoms with van der Waals surface area (Å²) in [6.07, 6.45) is 8.90. The molecule has 1 fully saturated rings. The van der Waals surface area contributed by atoms with Crippen LogP contribution in [0.1, 0.15) is 108 Å². The number of aromatic nitrogens is 4. The number of fused-ring (bicyclic) bond motifs is 1. The Bertz CT molecular complexity index is 1810. The molecule has 0 bridgehead atoms. The third-order valence-electron chi connectivity index (χ3n) is 12.0. The molecule has 16 nitrogen and oxygen atoms in total. The molecule has 1 amide bonds. The van der Waals surface area contributed by atoms with E-state index in [-0.39, 0.29) is 29.4 Å². The molecule has 354 valence electrons. The number of ether oxygens (including phenoxy) is 3. The summed E-state index contributed by atoms with van der Waals surface area (Å²) in [5.74, 6) is -0.248. The maximum Gasteiger partial charge on any atom is 0.337 e. The minimum Gasteiger partial charge on any atom is -0.465 e. The lowest BCUT2D eigenvalue weighted by Crippen LogP contribution is -2.38. The van der Waals surface area contributed by atoms with Gasteiger partial charge in [0.1, 0.15) is 5.52 Å². The van der Waals surface area contributed by atoms with Gasteiger partial charge >= 0.3 is 17.7 Å². The minimum absolute atomic E-state index is 0.139. The van der Waals surface area contributed by atoms with Gasteiger partial charge < -0.3 is 39.2 Å². The fourth-order valence-electron chi connectivity index (χ4n) is 8.12. The van der Waals surface area contributed by atoms with Gasteiger partial charge in [-0.25, -0.2) is 9.59 Å². The summed E-state index contributed by atoms with van der Waals surface area (Å²) < 4.78 is 18.1. The van der Waals surface area contributed by atoms with Crippen molar-refractivity contribution in [2.75, 3.05) is 124 Å². The van der Waals surface area contributed by atoms with Crippen molar-refractivity contribution >= 4 is 28.9 Å². The normalized spacial score (nSPS) is 13.6. The van der Waals surface area contributed by atoms with Crippen LogP contribution in [0.3, 0.4) is 0 Å². The van der Waals surface area contributed by atoms with Gasteiger partial charge in [-0.3, -0.25) is 19.2 Å². The van der Waals surface area contributed by atoms with E-state index < -0.39 is 0 Å². The lowest BCUT2D eigenvalue weighted by molar-refractivity contribution is -0.116. The average molecular weight is 881 g/mol. The largest absolute Gasteiger partial charge is 0.465 e. The van der Waals surface area contributed by atoms with Crippen LogP contribution < -0.4 is 15.7 Å². The monoisotopic (exact) mass is 881 g/mol. The van der Waals surface area contributed by atoms with E-state index >= 15 is 0 Å². The Morgan fingerprint density at radius 1 is 0.810 bits per heavy atom. The summed E-state index contributed by atoms with van der Waals surface area (Å²) in [6, 6.07) is 7.69. The number of aromatic amines is 1. The number of methoxy groups -OCH3 is 1. The number of hydrogen-bond donors (Lipinski definition) is 2. The Balaban J connectivity index is 1.32. The zero-order valence-corrected chi connectivity index (χ0v) is 39.6. The molecule has 0 radical (unpaired) electrons. The molecule has 3 heterocycles. The fraction of sp³-hybridized carbons (Fsp3) is 0.723. The summed E-state index contributed by atoms with van der Waals surface area (Å²) >= 11 is 0. The van der Waals surface area contributed by atoms with Crippen LogP contribution in [0.4, 0.5) is 5.82 Å². The van der Waals surface area contributed by atoms with E-state index in [1.54, 1.807) is 10.6 Å². The number of benzene rings is 1. The van der Waals surface area contributed by atoms with E-state index in [1.165, 1.54) is 20.1 Å². The first kappa shape index (κ1) is 51.7. The lowest BCUT2D eigenvalue weighted by Gasteiger charge is -2.28. The number of rotatable bonds is 33. The van der Waals surface area contributed by atoms with Crippen LogP contribution in [-0.4, -0.2) is 175 Å². The van der Waals surface area contributed by atoms with Gasteiger partial charge in [0.15, 0.2) is 11.5 Å². The van der Waals surface area contributed by atoms with Crippen molar-refractivity contribution in [1.29, 1.82) is 0 Å². The van der Waals surface area contributed by atoms with Crippen molar-refractivity contribution in [2.45, 2.75) is 105 Å². The Labute approximate surface area is 377 Å². The second-order valence-corrected chi connectivity index (χ2v) is 16.8. The molecule has 1 aliphatic heterocycles. The highest BCUT2D eigenvalue weighted by molar-refractivity contribution is 5.97. The Morgan fingerprint density at radius 2 is 1.49 bits per heavy atom. The highest BCUT2D eigenvalue weighted by Gasteiger charge is 2.19. The van der Waals surface area contributed by atoms with Crippen molar-refractivity contribution in [3.8, 4) is 6.01 Å². The van der Waals surface area contributed by atoms with Crippen LogP contribution in [0.2, 0.25) is 0 Å². The highest BCUT2D eigenvalue weighted by atomic mass is 16.5. The number of hydrogen-bond acceptors (Lipinski definition) is 13. The molecule has 63 heavy (non-hydrogen) atoms. The first-order valence-corrected chi connectivity index (χ1v) is 23.9. The molecule has 1 saturated heterocycles. The van der Waals surface area contributed by atoms with Gasteiger partial charge in [0.2, 0.25) is 5.91 Å². The molecule has 1 aromatic carbocycles. The van der Waals surface area contributed by atoms with Gasteiger partial charge in [-0.1, -0.05) is 52.7 Å². The second-order valence-electron chi connectivity index (χ2n) is 16.8. The van der Waals surface area contributed by atoms with Crippen molar-refractivity contribution in [3.63, 3.8) is 0 Å². The van der Waals surface area contributed by atoms with Crippen LogP contribution in [0, 0.1) is 0 Å². The standard InChI is InChI=1S/C47H80N10O6/c1-7-11-34-63-46-50-43(48-41(58)22-13-12-14-25-54(10-4)27-17-24-52(5)23-16-26-53(8-2)9-3)42-44(51-46)57(47(60)49-42)31-19-30-56(29-18-28-55-32-35-62-36-33-55)38-39-20-15-21-40(37-39)45(59)61-6/h15,20-21,37H,7-14,16-19,22-36,38H2,1-6H3,(H,49,60)(H,48,50,51,58). The summed E-state index contributed by atoms with van der Waals surface area (Å²) in [5.41, 5.74) is 2.03. The zero-order chi connectivity index (χ0) is 45.2. The van der Waals surface area contributed by atoms with E-state index in [0.29, 0.717) is 55.8 Å². The molecule has 1 aliphatic rings. The molecule has 0 atom stereocenters. The molecule has 2 N–H and O–H groups in total. The third-order valence-corrected chi connectivity index (χ3v) is 12.0. The second kappa shape index (κ2) is 29.5. The molecule has 0 spiro atoms. The van der Waals surface area contributed by atoms with Gasteiger partial charge in [0, 0.05) is 39.1 Å². The van der Waals surface area contributed by atoms with E-state index in [4.69, 9.17) is 14.2 Å². The maximum absolute atomic E-state index is 13.5. The number of carbonyl (C=O) groups is 2. The number of morpholine rings is 1. The smallest absolute Gasteiger partial charge is 0.337 e. The number of nitrogens with one attached hydrogen (secondary N) is 2. The van der Waals surface area contributed by atoms with Gasteiger partial charge in [0.05, 0.1) is 32.5 Å². The van der Waals surface area contributed by atoms with Crippen molar-refractivity contribution in [2.24, 2.45) is 0 Å². The number of esters is 1. The predicted molar refractivity (Wildman–Crippen MR) is 252 cm³/mol. The maximum atomic E-state index is 13.5. The van der Waals surface area contributed by atoms with Crippen molar-refractivity contribution in [3.05, 3.63) is 45.9 Å². The topological polar surface area (TPSA) is 154 Å². The minimum atomic E-state index is -0.360. The lowest BCUT2D eigenvalue weighted by atomic mass is 10.1. The molecular weight excluding hydrogens is 801 g/mol. The molecule has 0 aliphatic carbocycles. The van der Waals surface area contributed by atoms with Crippen LogP contribution >= 0.6 is 0 Å². The van der Waals surface area contributed by atoms with E-state index in [9.17, 15) is 14.4 Å². The Hall–Kier alpha value is -3.93. The molecule has 0 saturated carbocycles. The van der Waals surface area contributed by atoms with E-state index in [2.05, 4.69) is 79.5 Å². The first-order chi connectivity index (χ1) is 30.7. The summed E-state index contributed by atoms with van der Waals surface area (Å²) in [7, 11) is 3.62. The molecular formula is C47H80N10O6. The first-order valence-electron chi connectivity index (χ1n) is 23.9. The Kier molecular flexibility index (Phi) is 24.2. The van der Waals surface area contributed by atoms with Crippen molar-refractivity contribution in [1.82, 2.24) is 44.0 Å². The number of imidazole rings is 1. The summed E-state index contributed by atoms with van der Waals surface area (Å²) in [6.45, 7) is 25.0. The number of nitrogens with zero attached hydrogens (tertiary/aromatic N) is 8. The van der Waals surface area contributed by atoms with Gasteiger partial charge in [-0.05, 0) is 135 Å². The average Bonchev–Trinajstić information content (AvgIpc) is 3.61. The van der Waals surface area contributed by atoms with Gasteiger partial charge in [0.25, 0.3) is 0 Å². The third kappa shape index (κ3) is 18.6. The fourth-order valence-corrected chi connectivity index (χ4v) is 8.12. The van der Waals surface area contributed by atoms with Crippen LogP contribution in [0.5, 0.6) is 6.01 Å². The summed E-state index contributed by atoms with van der Waals surface area (Å²) in [4.78, 5) is 63.5. The predicted octanol–water partition coefficient (Wildman–Crippen LogP) is 5.57. The summed E-state index contributed by atoms with van der Waals surface area (Å²) in [5, 5.41) is 2.98. The van der Waals surface area contributed by atoms with E-state index in [1.807, 2.05) is 18.2 Å². The van der Waals surface area contributed by atoms with Crippen LogP contribution in [0.15, 0.2) is 29.1 Å². The van der Waals surface area contributed by atoms with Crippen LogP contribution in [0.25, 0.3) is 11.2 Å². The molecule has 4 rings (SSSR count). The number of amides is 1. The quantitative estimate of drug-likeness (QED) is 0.0580. The van der Waals surface area contributed by atoms with Gasteiger partial charge in [-0.15, -0.1) is 0 Å².